The molecule has 80 valence electrons. The van der Waals surface area contributed by atoms with Crippen molar-refractivity contribution in [3.05, 3.63) is 66.2 Å². The summed E-state index contributed by atoms with van der Waals surface area (Å²) in [6, 6.07) is 20.8. The first-order valence-electron chi connectivity index (χ1n) is 4.91. The fourth-order valence-electron chi connectivity index (χ4n) is 1.07. The topological polar surface area (TPSA) is 33.0 Å². The summed E-state index contributed by atoms with van der Waals surface area (Å²) in [5.74, 6) is 0.910. The van der Waals surface area contributed by atoms with Gasteiger partial charge in [-0.05, 0) is 24.3 Å². The summed E-state index contributed by atoms with van der Waals surface area (Å²) in [7, 11) is 1.66. The minimum Gasteiger partial charge on any atom is -0.497 e. The van der Waals surface area contributed by atoms with E-state index in [0.29, 0.717) is 5.56 Å². The van der Waals surface area contributed by atoms with Gasteiger partial charge >= 0.3 is 0 Å². The van der Waals surface area contributed by atoms with E-state index in [9.17, 15) is 0 Å². The summed E-state index contributed by atoms with van der Waals surface area (Å²) in [4.78, 5) is 0. The second-order valence-electron chi connectivity index (χ2n) is 3.00. The van der Waals surface area contributed by atoms with Gasteiger partial charge in [-0.3, -0.25) is 0 Å². The molecular formula is C14H13NO. The molecule has 0 atom stereocenters. The minimum atomic E-state index is 0.715. The van der Waals surface area contributed by atoms with Crippen LogP contribution in [0.4, 0.5) is 0 Å². The van der Waals surface area contributed by atoms with Crippen molar-refractivity contribution in [3.8, 4) is 11.8 Å². The molecule has 0 heterocycles. The van der Waals surface area contributed by atoms with Gasteiger partial charge in [0.2, 0.25) is 0 Å². The highest BCUT2D eigenvalue weighted by molar-refractivity contribution is 5.27. The van der Waals surface area contributed by atoms with Crippen LogP contribution in [0.1, 0.15) is 5.56 Å². The largest absolute Gasteiger partial charge is 0.497 e. The van der Waals surface area contributed by atoms with Crippen LogP contribution in [0.2, 0.25) is 0 Å². The summed E-state index contributed by atoms with van der Waals surface area (Å²) >= 11 is 0. The van der Waals surface area contributed by atoms with Crippen molar-refractivity contribution in [2.45, 2.75) is 0 Å². The van der Waals surface area contributed by atoms with Crippen LogP contribution < -0.4 is 4.74 Å². The van der Waals surface area contributed by atoms with E-state index in [0.717, 1.165) is 5.75 Å². The molecule has 0 amide bonds. The molecule has 0 N–H and O–H groups in total. The third-order valence-electron chi connectivity index (χ3n) is 1.88. The Morgan fingerprint density at radius 3 is 1.69 bits per heavy atom. The zero-order chi connectivity index (χ0) is 11.6. The zero-order valence-corrected chi connectivity index (χ0v) is 9.13. The van der Waals surface area contributed by atoms with Gasteiger partial charge in [-0.25, -0.2) is 0 Å². The van der Waals surface area contributed by atoms with Crippen molar-refractivity contribution < 1.29 is 4.74 Å². The molecule has 0 saturated heterocycles. The van der Waals surface area contributed by atoms with Gasteiger partial charge in [0.15, 0.2) is 0 Å². The number of para-hydroxylation sites is 1. The van der Waals surface area contributed by atoms with Gasteiger partial charge in [0, 0.05) is 0 Å². The predicted molar refractivity (Wildman–Crippen MR) is 64.2 cm³/mol. The molecule has 2 nitrogen and oxygen atoms in total. The zero-order valence-electron chi connectivity index (χ0n) is 9.13. The summed E-state index contributed by atoms with van der Waals surface area (Å²) in [5.41, 5.74) is 0.715. The molecule has 0 aliphatic rings. The molecular weight excluding hydrogens is 198 g/mol. The molecule has 2 rings (SSSR count). The minimum absolute atomic E-state index is 0.715. The van der Waals surface area contributed by atoms with Crippen molar-refractivity contribution in [2.75, 3.05) is 7.11 Å². The maximum absolute atomic E-state index is 8.29. The van der Waals surface area contributed by atoms with E-state index in [4.69, 9.17) is 10.00 Å². The van der Waals surface area contributed by atoms with Gasteiger partial charge in [0.05, 0.1) is 18.7 Å². The van der Waals surface area contributed by atoms with Gasteiger partial charge in [-0.2, -0.15) is 5.26 Å². The smallest absolute Gasteiger partial charge is 0.118 e. The second-order valence-corrected chi connectivity index (χ2v) is 3.00. The van der Waals surface area contributed by atoms with Gasteiger partial charge in [0.25, 0.3) is 0 Å². The van der Waals surface area contributed by atoms with E-state index in [1.165, 1.54) is 0 Å². The van der Waals surface area contributed by atoms with Crippen LogP contribution in [0.25, 0.3) is 0 Å². The van der Waals surface area contributed by atoms with Crippen LogP contribution >= 0.6 is 0 Å². The molecule has 2 aromatic rings. The lowest BCUT2D eigenvalue weighted by atomic mass is 10.2. The van der Waals surface area contributed by atoms with E-state index < -0.39 is 0 Å². The lowest BCUT2D eigenvalue weighted by Gasteiger charge is -1.93. The molecule has 2 aromatic carbocycles. The monoisotopic (exact) mass is 211 g/mol. The van der Waals surface area contributed by atoms with Gasteiger partial charge in [0.1, 0.15) is 5.75 Å². The Labute approximate surface area is 95.7 Å². The molecule has 2 heteroatoms. The molecule has 0 fully saturated rings. The van der Waals surface area contributed by atoms with Gasteiger partial charge < -0.3 is 4.74 Å². The number of methoxy groups -OCH3 is 1. The van der Waals surface area contributed by atoms with Crippen molar-refractivity contribution in [1.82, 2.24) is 0 Å². The Morgan fingerprint density at radius 1 is 0.875 bits per heavy atom. The lowest BCUT2D eigenvalue weighted by molar-refractivity contribution is 0.415. The van der Waals surface area contributed by atoms with E-state index in [2.05, 4.69) is 0 Å². The predicted octanol–water partition coefficient (Wildman–Crippen LogP) is 3.25. The highest BCUT2D eigenvalue weighted by Crippen LogP contribution is 2.05. The molecule has 0 aliphatic carbocycles. The van der Waals surface area contributed by atoms with Gasteiger partial charge in [-0.1, -0.05) is 36.4 Å². The Balaban J connectivity index is 0.000000160. The maximum Gasteiger partial charge on any atom is 0.118 e. The van der Waals surface area contributed by atoms with Crippen LogP contribution in [0, 0.1) is 11.3 Å². The van der Waals surface area contributed by atoms with E-state index in [-0.39, 0.29) is 0 Å². The van der Waals surface area contributed by atoms with Crippen LogP contribution in [-0.4, -0.2) is 7.11 Å². The molecule has 0 unspecified atom stereocenters. The molecule has 0 aliphatic heterocycles. The number of ether oxygens (including phenoxy) is 1. The fraction of sp³-hybridized carbons (Fsp3) is 0.0714. The third-order valence-corrected chi connectivity index (χ3v) is 1.88. The van der Waals surface area contributed by atoms with Crippen molar-refractivity contribution in [2.24, 2.45) is 0 Å². The number of rotatable bonds is 1. The second kappa shape index (κ2) is 7.08. The molecule has 0 saturated carbocycles. The van der Waals surface area contributed by atoms with Crippen LogP contribution in [0.15, 0.2) is 60.7 Å². The first-order valence-corrected chi connectivity index (χ1v) is 4.91. The molecule has 0 radical (unpaired) electrons. The normalized spacial score (nSPS) is 8.25. The average molecular weight is 211 g/mol. The molecule has 0 aromatic heterocycles. The number of nitrogens with zero attached hydrogens (tertiary/aromatic N) is 1. The van der Waals surface area contributed by atoms with E-state index in [1.807, 2.05) is 54.6 Å². The highest BCUT2D eigenvalue weighted by Gasteiger charge is 1.80. The first kappa shape index (κ1) is 11.8. The van der Waals surface area contributed by atoms with Crippen molar-refractivity contribution in [3.63, 3.8) is 0 Å². The number of benzene rings is 2. The average Bonchev–Trinajstić information content (AvgIpc) is 2.41. The Morgan fingerprint density at radius 2 is 1.38 bits per heavy atom. The summed E-state index contributed by atoms with van der Waals surface area (Å²) in [6.45, 7) is 0. The summed E-state index contributed by atoms with van der Waals surface area (Å²) in [6.07, 6.45) is 0. The molecule has 16 heavy (non-hydrogen) atoms. The summed E-state index contributed by atoms with van der Waals surface area (Å²) in [5, 5.41) is 8.29. The van der Waals surface area contributed by atoms with Crippen molar-refractivity contribution in [1.29, 1.82) is 5.26 Å². The van der Waals surface area contributed by atoms with Crippen LogP contribution in [0.3, 0.4) is 0 Å². The molecule has 0 bridgehead atoms. The SMILES string of the molecule is COc1ccccc1.N#Cc1ccccc1. The first-order chi connectivity index (χ1) is 7.86. The molecule has 0 spiro atoms. The highest BCUT2D eigenvalue weighted by atomic mass is 16.5. The Kier molecular flexibility index (Phi) is 5.22. The Bertz CT molecular complexity index is 431. The number of hydrogen-bond acceptors (Lipinski definition) is 2. The summed E-state index contributed by atoms with van der Waals surface area (Å²) < 4.78 is 4.91. The Hall–Kier alpha value is -2.27. The van der Waals surface area contributed by atoms with E-state index in [1.54, 1.807) is 19.2 Å². The third kappa shape index (κ3) is 4.30. The van der Waals surface area contributed by atoms with Crippen molar-refractivity contribution >= 4 is 0 Å². The number of hydrogen-bond donors (Lipinski definition) is 0. The van der Waals surface area contributed by atoms with E-state index >= 15 is 0 Å². The van der Waals surface area contributed by atoms with Crippen LogP contribution in [0.5, 0.6) is 5.75 Å². The van der Waals surface area contributed by atoms with Crippen LogP contribution in [-0.2, 0) is 0 Å². The standard InChI is InChI=1S/C7H5N.C7H8O/c8-6-7-4-2-1-3-5-7;1-8-7-5-3-2-4-6-7/h1-5H;2-6H,1H3. The quantitative estimate of drug-likeness (QED) is 0.725. The maximum atomic E-state index is 8.29. The fourth-order valence-corrected chi connectivity index (χ4v) is 1.07. The lowest BCUT2D eigenvalue weighted by Crippen LogP contribution is -1.78. The number of nitriles is 1. The van der Waals surface area contributed by atoms with Gasteiger partial charge in [-0.15, -0.1) is 0 Å².